The summed E-state index contributed by atoms with van der Waals surface area (Å²) in [6.45, 7) is 0.214. The molecule has 0 aromatic heterocycles. The largest absolute Gasteiger partial charge is 0.480 e. The first-order valence-electron chi connectivity index (χ1n) is 12.2. The number of ether oxygens (including phenoxy) is 1. The van der Waals surface area contributed by atoms with E-state index in [9.17, 15) is 19.5 Å². The maximum Gasteiger partial charge on any atom is 0.407 e. The Morgan fingerprint density at radius 1 is 0.912 bits per heavy atom. The molecule has 3 N–H and O–H groups in total. The summed E-state index contributed by atoms with van der Waals surface area (Å²) in [7, 11) is 0. The number of rotatable bonds is 6. The van der Waals surface area contributed by atoms with Gasteiger partial charge in [-0.2, -0.15) is 0 Å². The standard InChI is InChI=1S/C27H30N2O5/c30-24(29-27(25(31)32)14-5-6-15-27)21-12-7-13-23(21)28-26(33)34-16-22-19-10-3-1-8-17(19)18-9-2-4-11-20(18)22/h1-4,8-11,21-23H,5-7,12-16H2,(H,28,33)(H,29,30)(H,31,32)/t21-,23+/m0/s1. The molecule has 0 unspecified atom stereocenters. The van der Waals surface area contributed by atoms with Crippen LogP contribution in [0.4, 0.5) is 4.79 Å². The van der Waals surface area contributed by atoms with Crippen molar-refractivity contribution in [3.63, 3.8) is 0 Å². The molecule has 2 aromatic rings. The molecule has 3 aliphatic rings. The summed E-state index contributed by atoms with van der Waals surface area (Å²) in [4.78, 5) is 37.5. The minimum atomic E-state index is -1.17. The molecule has 34 heavy (non-hydrogen) atoms. The number of carbonyl (C=O) groups excluding carboxylic acids is 2. The van der Waals surface area contributed by atoms with Gasteiger partial charge in [-0.1, -0.05) is 67.8 Å². The number of hydrogen-bond donors (Lipinski definition) is 3. The summed E-state index contributed by atoms with van der Waals surface area (Å²) >= 11 is 0. The number of nitrogens with one attached hydrogen (secondary N) is 2. The molecule has 0 saturated heterocycles. The molecule has 178 valence electrons. The second-order valence-electron chi connectivity index (χ2n) is 9.70. The lowest BCUT2D eigenvalue weighted by Gasteiger charge is -2.29. The Morgan fingerprint density at radius 3 is 2.15 bits per heavy atom. The summed E-state index contributed by atoms with van der Waals surface area (Å²) in [6.07, 6.45) is 4.03. The number of carbonyl (C=O) groups is 3. The number of aliphatic carboxylic acids is 1. The Bertz CT molecular complexity index is 1060. The van der Waals surface area contributed by atoms with E-state index in [1.807, 2.05) is 24.3 Å². The van der Waals surface area contributed by atoms with Crippen molar-refractivity contribution >= 4 is 18.0 Å². The summed E-state index contributed by atoms with van der Waals surface area (Å²) in [5.74, 6) is -1.74. The highest BCUT2D eigenvalue weighted by Crippen LogP contribution is 2.44. The molecule has 2 saturated carbocycles. The summed E-state index contributed by atoms with van der Waals surface area (Å²) < 4.78 is 5.65. The first-order valence-corrected chi connectivity index (χ1v) is 12.2. The van der Waals surface area contributed by atoms with Crippen LogP contribution in [0.15, 0.2) is 48.5 Å². The molecule has 5 rings (SSSR count). The molecule has 0 aliphatic heterocycles. The number of amides is 2. The molecule has 0 bridgehead atoms. The van der Waals surface area contributed by atoms with Gasteiger partial charge in [0.25, 0.3) is 0 Å². The molecule has 2 fully saturated rings. The first kappa shape index (κ1) is 22.4. The molecular formula is C27H30N2O5. The fraction of sp³-hybridized carbons (Fsp3) is 0.444. The highest BCUT2D eigenvalue weighted by molar-refractivity contribution is 5.89. The zero-order valence-corrected chi connectivity index (χ0v) is 19.1. The maximum atomic E-state index is 13.0. The topological polar surface area (TPSA) is 105 Å². The highest BCUT2D eigenvalue weighted by atomic mass is 16.5. The van der Waals surface area contributed by atoms with E-state index in [1.54, 1.807) is 0 Å². The second kappa shape index (κ2) is 9.12. The van der Waals surface area contributed by atoms with Gasteiger partial charge in [-0.3, -0.25) is 4.79 Å². The van der Waals surface area contributed by atoms with Crippen LogP contribution in [-0.2, 0) is 14.3 Å². The van der Waals surface area contributed by atoms with Crippen molar-refractivity contribution in [2.75, 3.05) is 6.61 Å². The summed E-state index contributed by atoms with van der Waals surface area (Å²) in [5.41, 5.74) is 3.45. The van der Waals surface area contributed by atoms with Crippen molar-refractivity contribution in [2.45, 2.75) is 62.4 Å². The highest BCUT2D eigenvalue weighted by Gasteiger charge is 2.45. The van der Waals surface area contributed by atoms with Crippen LogP contribution in [-0.4, -0.2) is 41.3 Å². The van der Waals surface area contributed by atoms with Gasteiger partial charge in [0, 0.05) is 12.0 Å². The SMILES string of the molecule is O=C(N[C@@H]1CCC[C@@H]1C(=O)NC1(C(=O)O)CCCC1)OCC1c2ccccc2-c2ccccc21. The number of carboxylic acid groups (broad SMARTS) is 1. The summed E-state index contributed by atoms with van der Waals surface area (Å²) in [6, 6.07) is 16.0. The Balaban J connectivity index is 1.21. The van der Waals surface area contributed by atoms with Crippen molar-refractivity contribution in [1.82, 2.24) is 10.6 Å². The zero-order chi connectivity index (χ0) is 23.7. The van der Waals surface area contributed by atoms with Gasteiger partial charge in [-0.15, -0.1) is 0 Å². The lowest BCUT2D eigenvalue weighted by Crippen LogP contribution is -2.56. The van der Waals surface area contributed by atoms with Crippen LogP contribution < -0.4 is 10.6 Å². The average Bonchev–Trinajstić information content (AvgIpc) is 3.56. The number of alkyl carbamates (subject to hydrolysis) is 1. The van der Waals surface area contributed by atoms with Gasteiger partial charge in [-0.25, -0.2) is 9.59 Å². The third-order valence-corrected chi connectivity index (χ3v) is 7.73. The molecule has 0 radical (unpaired) electrons. The predicted octanol–water partition coefficient (Wildman–Crippen LogP) is 4.21. The third kappa shape index (κ3) is 4.04. The molecule has 3 aliphatic carbocycles. The van der Waals surface area contributed by atoms with E-state index >= 15 is 0 Å². The van der Waals surface area contributed by atoms with E-state index in [0.29, 0.717) is 25.7 Å². The molecule has 7 heteroatoms. The normalized spacial score (nSPS) is 22.6. The van der Waals surface area contributed by atoms with Crippen molar-refractivity contribution < 1.29 is 24.2 Å². The Kier molecular flexibility index (Phi) is 6.02. The van der Waals surface area contributed by atoms with Crippen molar-refractivity contribution in [3.05, 3.63) is 59.7 Å². The lowest BCUT2D eigenvalue weighted by molar-refractivity contribution is -0.148. The van der Waals surface area contributed by atoms with E-state index < -0.39 is 23.5 Å². The van der Waals surface area contributed by atoms with Gasteiger partial charge >= 0.3 is 12.1 Å². The van der Waals surface area contributed by atoms with Gasteiger partial charge in [0.1, 0.15) is 12.1 Å². The molecule has 2 aromatic carbocycles. The van der Waals surface area contributed by atoms with Crippen molar-refractivity contribution in [2.24, 2.45) is 5.92 Å². The fourth-order valence-electron chi connectivity index (χ4n) is 5.94. The van der Waals surface area contributed by atoms with E-state index in [1.165, 1.54) is 11.1 Å². The second-order valence-corrected chi connectivity index (χ2v) is 9.70. The smallest absolute Gasteiger partial charge is 0.407 e. The summed E-state index contributed by atoms with van der Waals surface area (Å²) in [5, 5.41) is 15.4. The molecule has 0 heterocycles. The van der Waals surface area contributed by atoms with Gasteiger partial charge in [-0.05, 0) is 47.9 Å². The fourth-order valence-corrected chi connectivity index (χ4v) is 5.94. The van der Waals surface area contributed by atoms with E-state index in [0.717, 1.165) is 30.4 Å². The maximum absolute atomic E-state index is 13.0. The monoisotopic (exact) mass is 462 g/mol. The predicted molar refractivity (Wildman–Crippen MR) is 126 cm³/mol. The van der Waals surface area contributed by atoms with Crippen molar-refractivity contribution in [3.8, 4) is 11.1 Å². The van der Waals surface area contributed by atoms with Crippen LogP contribution in [0.2, 0.25) is 0 Å². The van der Waals surface area contributed by atoms with Crippen LogP contribution in [0, 0.1) is 5.92 Å². The van der Waals surface area contributed by atoms with E-state index in [2.05, 4.69) is 34.9 Å². The van der Waals surface area contributed by atoms with Gasteiger partial charge in [0.15, 0.2) is 0 Å². The quantitative estimate of drug-likeness (QED) is 0.597. The van der Waals surface area contributed by atoms with Crippen LogP contribution in [0.5, 0.6) is 0 Å². The van der Waals surface area contributed by atoms with Crippen LogP contribution in [0.25, 0.3) is 11.1 Å². The van der Waals surface area contributed by atoms with E-state index in [4.69, 9.17) is 4.74 Å². The van der Waals surface area contributed by atoms with Crippen LogP contribution >= 0.6 is 0 Å². The molecule has 2 amide bonds. The number of carboxylic acids is 1. The van der Waals surface area contributed by atoms with Gasteiger partial charge < -0.3 is 20.5 Å². The average molecular weight is 463 g/mol. The lowest BCUT2D eigenvalue weighted by atomic mass is 9.94. The molecule has 2 atom stereocenters. The molecule has 0 spiro atoms. The minimum Gasteiger partial charge on any atom is -0.480 e. The molecule has 7 nitrogen and oxygen atoms in total. The number of fused-ring (bicyclic) bond motifs is 3. The minimum absolute atomic E-state index is 0.0291. The van der Waals surface area contributed by atoms with Gasteiger partial charge in [0.05, 0.1) is 5.92 Å². The van der Waals surface area contributed by atoms with Crippen LogP contribution in [0.1, 0.15) is 62.0 Å². The number of benzene rings is 2. The Morgan fingerprint density at radius 2 is 1.53 bits per heavy atom. The Labute approximate surface area is 198 Å². The van der Waals surface area contributed by atoms with Crippen LogP contribution in [0.3, 0.4) is 0 Å². The first-order chi connectivity index (χ1) is 16.5. The zero-order valence-electron chi connectivity index (χ0n) is 19.1. The van der Waals surface area contributed by atoms with Crippen molar-refractivity contribution in [1.29, 1.82) is 0 Å². The Hall–Kier alpha value is -3.35. The van der Waals surface area contributed by atoms with E-state index in [-0.39, 0.29) is 24.5 Å². The molecular weight excluding hydrogens is 432 g/mol. The number of hydrogen-bond acceptors (Lipinski definition) is 4. The van der Waals surface area contributed by atoms with Gasteiger partial charge in [0.2, 0.25) is 5.91 Å². The third-order valence-electron chi connectivity index (χ3n) is 7.73.